The van der Waals surface area contributed by atoms with Crippen LogP contribution >= 0.6 is 23.4 Å². The van der Waals surface area contributed by atoms with E-state index in [1.54, 1.807) is 16.7 Å². The topological polar surface area (TPSA) is 52.6 Å². The van der Waals surface area contributed by atoms with Crippen LogP contribution in [-0.4, -0.2) is 35.2 Å². The maximum atomic E-state index is 12.1. The van der Waals surface area contributed by atoms with Crippen LogP contribution in [0.3, 0.4) is 0 Å². The fourth-order valence-electron chi connectivity index (χ4n) is 2.39. The Hall–Kier alpha value is -1.69. The lowest BCUT2D eigenvalue weighted by Crippen LogP contribution is -2.33. The molecule has 1 fully saturated rings. The predicted molar refractivity (Wildman–Crippen MR) is 93.2 cm³/mol. The minimum Gasteiger partial charge on any atom is -0.391 e. The van der Waals surface area contributed by atoms with Crippen LogP contribution < -0.4 is 5.32 Å². The van der Waals surface area contributed by atoms with E-state index in [1.165, 1.54) is 0 Å². The third kappa shape index (κ3) is 4.19. The van der Waals surface area contributed by atoms with E-state index in [0.717, 1.165) is 20.5 Å². The molecule has 120 valence electrons. The van der Waals surface area contributed by atoms with Gasteiger partial charge in [-0.05, 0) is 42.8 Å². The van der Waals surface area contributed by atoms with Crippen LogP contribution in [0.2, 0.25) is 5.02 Å². The molecule has 23 heavy (non-hydrogen) atoms. The second kappa shape index (κ2) is 7.25. The summed E-state index contributed by atoms with van der Waals surface area (Å²) in [6.07, 6.45) is 0.232. The van der Waals surface area contributed by atoms with Gasteiger partial charge in [-0.15, -0.1) is 0 Å². The summed E-state index contributed by atoms with van der Waals surface area (Å²) in [5.41, 5.74) is 0.736. The number of hydrogen-bond acceptors (Lipinski definition) is 3. The molecule has 0 aromatic heterocycles. The number of aliphatic hydroxyl groups is 1. The number of carbonyl (C=O) groups excluding carboxylic acids is 1. The molecule has 0 unspecified atom stereocenters. The molecule has 1 saturated heterocycles. The average molecular weight is 349 g/mol. The molecule has 2 amide bonds. The standard InChI is InChI=1S/C17H17ClN2O2S/c18-15-3-1-2-4-16(15)23-14-7-5-12(6-8-14)19-17(22)20-10-9-13(21)11-20/h1-8,13,21H,9-11H2,(H,19,22)/t13-/m1/s1. The largest absolute Gasteiger partial charge is 0.391 e. The molecule has 1 aliphatic heterocycles. The first-order valence-electron chi connectivity index (χ1n) is 7.38. The SMILES string of the molecule is O=C(Nc1ccc(Sc2ccccc2Cl)cc1)N1CC[C@@H](O)C1. The molecule has 0 aliphatic carbocycles. The van der Waals surface area contributed by atoms with Gasteiger partial charge in [0.25, 0.3) is 0 Å². The summed E-state index contributed by atoms with van der Waals surface area (Å²) in [5.74, 6) is 0. The van der Waals surface area contributed by atoms with Crippen LogP contribution in [0, 0.1) is 0 Å². The number of benzene rings is 2. The van der Waals surface area contributed by atoms with Crippen molar-refractivity contribution in [2.75, 3.05) is 18.4 Å². The maximum absolute atomic E-state index is 12.1. The zero-order valence-electron chi connectivity index (χ0n) is 12.4. The first kappa shape index (κ1) is 16.2. The summed E-state index contributed by atoms with van der Waals surface area (Å²) >= 11 is 7.73. The van der Waals surface area contributed by atoms with Gasteiger partial charge in [-0.25, -0.2) is 4.79 Å². The lowest BCUT2D eigenvalue weighted by Gasteiger charge is -2.16. The number of nitrogens with one attached hydrogen (secondary N) is 1. The van der Waals surface area contributed by atoms with E-state index in [1.807, 2.05) is 48.5 Å². The second-order valence-corrected chi connectivity index (χ2v) is 6.90. The molecule has 2 aromatic carbocycles. The summed E-state index contributed by atoms with van der Waals surface area (Å²) in [7, 11) is 0. The number of β-amino-alcohol motifs (C(OH)–C–C–N with tert-alkyl or cyclic N) is 1. The Morgan fingerprint density at radius 2 is 1.96 bits per heavy atom. The lowest BCUT2D eigenvalue weighted by molar-refractivity contribution is 0.176. The third-order valence-electron chi connectivity index (χ3n) is 3.62. The molecular weight excluding hydrogens is 332 g/mol. The van der Waals surface area contributed by atoms with Crippen LogP contribution in [0.25, 0.3) is 0 Å². The first-order chi connectivity index (χ1) is 11.1. The highest BCUT2D eigenvalue weighted by Crippen LogP contribution is 2.33. The van der Waals surface area contributed by atoms with Crippen LogP contribution in [0.5, 0.6) is 0 Å². The molecule has 6 heteroatoms. The number of likely N-dealkylation sites (tertiary alicyclic amines) is 1. The number of anilines is 1. The van der Waals surface area contributed by atoms with Gasteiger partial charge in [-0.3, -0.25) is 0 Å². The average Bonchev–Trinajstić information content (AvgIpc) is 2.98. The molecule has 0 spiro atoms. The Kier molecular flexibility index (Phi) is 5.10. The minimum atomic E-state index is -0.407. The highest BCUT2D eigenvalue weighted by Gasteiger charge is 2.24. The number of urea groups is 1. The summed E-state index contributed by atoms with van der Waals surface area (Å²) in [6.45, 7) is 0.986. The van der Waals surface area contributed by atoms with E-state index in [4.69, 9.17) is 11.6 Å². The van der Waals surface area contributed by atoms with Gasteiger partial charge in [-0.2, -0.15) is 0 Å². The maximum Gasteiger partial charge on any atom is 0.321 e. The Morgan fingerprint density at radius 1 is 1.22 bits per heavy atom. The van der Waals surface area contributed by atoms with Gasteiger partial charge in [0.2, 0.25) is 0 Å². The number of amides is 2. The van der Waals surface area contributed by atoms with Crippen LogP contribution in [0.15, 0.2) is 58.3 Å². The number of aliphatic hydroxyl groups excluding tert-OH is 1. The molecule has 1 heterocycles. The van der Waals surface area contributed by atoms with Crippen molar-refractivity contribution in [3.63, 3.8) is 0 Å². The molecule has 2 N–H and O–H groups in total. The van der Waals surface area contributed by atoms with Crippen molar-refractivity contribution < 1.29 is 9.90 Å². The van der Waals surface area contributed by atoms with Crippen LogP contribution in [-0.2, 0) is 0 Å². The van der Waals surface area contributed by atoms with E-state index >= 15 is 0 Å². The smallest absolute Gasteiger partial charge is 0.321 e. The Balaban J connectivity index is 1.61. The van der Waals surface area contributed by atoms with E-state index in [0.29, 0.717) is 19.5 Å². The Bertz CT molecular complexity index is 693. The molecule has 3 rings (SSSR count). The molecule has 1 aliphatic rings. The van der Waals surface area contributed by atoms with Crippen molar-refractivity contribution in [2.24, 2.45) is 0 Å². The van der Waals surface area contributed by atoms with Crippen molar-refractivity contribution in [3.8, 4) is 0 Å². The van der Waals surface area contributed by atoms with Crippen molar-refractivity contribution in [2.45, 2.75) is 22.3 Å². The number of nitrogens with zero attached hydrogens (tertiary/aromatic N) is 1. The van der Waals surface area contributed by atoms with E-state index in [-0.39, 0.29) is 6.03 Å². The van der Waals surface area contributed by atoms with E-state index in [2.05, 4.69) is 5.32 Å². The number of halogens is 1. The first-order valence-corrected chi connectivity index (χ1v) is 8.58. The van der Waals surface area contributed by atoms with Gasteiger partial charge in [0.15, 0.2) is 0 Å². The summed E-state index contributed by atoms with van der Waals surface area (Å²) in [4.78, 5) is 15.7. The molecular formula is C17H17ClN2O2S. The van der Waals surface area contributed by atoms with Gasteiger partial charge in [0.05, 0.1) is 11.1 Å². The molecule has 0 bridgehead atoms. The number of carbonyl (C=O) groups is 1. The van der Waals surface area contributed by atoms with Gasteiger partial charge in [-0.1, -0.05) is 35.5 Å². The van der Waals surface area contributed by atoms with Crippen molar-refractivity contribution >= 4 is 35.1 Å². The summed E-state index contributed by atoms with van der Waals surface area (Å²) < 4.78 is 0. The monoisotopic (exact) mass is 348 g/mol. The van der Waals surface area contributed by atoms with Crippen molar-refractivity contribution in [1.82, 2.24) is 4.90 Å². The van der Waals surface area contributed by atoms with Gasteiger partial charge in [0.1, 0.15) is 0 Å². The third-order valence-corrected chi connectivity index (χ3v) is 5.15. The highest BCUT2D eigenvalue weighted by atomic mass is 35.5. The highest BCUT2D eigenvalue weighted by molar-refractivity contribution is 7.99. The normalized spacial score (nSPS) is 17.3. The molecule has 0 radical (unpaired) electrons. The molecule has 4 nitrogen and oxygen atoms in total. The quantitative estimate of drug-likeness (QED) is 0.878. The lowest BCUT2D eigenvalue weighted by atomic mass is 10.3. The molecule has 2 aromatic rings. The predicted octanol–water partition coefficient (Wildman–Crippen LogP) is 4.09. The summed E-state index contributed by atoms with van der Waals surface area (Å²) in [6, 6.07) is 15.1. The van der Waals surface area contributed by atoms with Gasteiger partial charge < -0.3 is 15.3 Å². The number of hydrogen-bond donors (Lipinski definition) is 2. The van der Waals surface area contributed by atoms with Crippen molar-refractivity contribution in [3.05, 3.63) is 53.6 Å². The molecule has 0 saturated carbocycles. The van der Waals surface area contributed by atoms with Gasteiger partial charge >= 0.3 is 6.03 Å². The zero-order valence-corrected chi connectivity index (χ0v) is 14.0. The van der Waals surface area contributed by atoms with E-state index < -0.39 is 6.10 Å². The minimum absolute atomic E-state index is 0.173. The Morgan fingerprint density at radius 3 is 2.61 bits per heavy atom. The molecule has 1 atom stereocenters. The van der Waals surface area contributed by atoms with E-state index in [9.17, 15) is 9.90 Å². The van der Waals surface area contributed by atoms with Crippen LogP contribution in [0.1, 0.15) is 6.42 Å². The number of rotatable bonds is 3. The fraction of sp³-hybridized carbons (Fsp3) is 0.235. The fourth-order valence-corrected chi connectivity index (χ4v) is 3.48. The Labute approximate surface area is 144 Å². The van der Waals surface area contributed by atoms with Gasteiger partial charge in [0, 0.05) is 28.6 Å². The van der Waals surface area contributed by atoms with Crippen LogP contribution in [0.4, 0.5) is 10.5 Å². The second-order valence-electron chi connectivity index (χ2n) is 5.38. The summed E-state index contributed by atoms with van der Waals surface area (Å²) in [5, 5.41) is 13.1. The van der Waals surface area contributed by atoms with Crippen molar-refractivity contribution in [1.29, 1.82) is 0 Å². The zero-order chi connectivity index (χ0) is 16.2.